The summed E-state index contributed by atoms with van der Waals surface area (Å²) in [5.41, 5.74) is -0.197. The summed E-state index contributed by atoms with van der Waals surface area (Å²) in [4.78, 5) is 12.6. The first-order chi connectivity index (χ1) is 15.0. The maximum absolute atomic E-state index is 12.6. The average Bonchev–Trinajstić information content (AvgIpc) is 3.04. The zero-order valence-corrected chi connectivity index (χ0v) is 18.1. The summed E-state index contributed by atoms with van der Waals surface area (Å²) in [6, 6.07) is 0. The Morgan fingerprint density at radius 1 is 1.03 bits per heavy atom. The van der Waals surface area contributed by atoms with Crippen LogP contribution in [0.15, 0.2) is 0 Å². The van der Waals surface area contributed by atoms with E-state index in [-0.39, 0.29) is 23.7 Å². The number of hydrogen-bond donors (Lipinski definition) is 3. The highest BCUT2D eigenvalue weighted by molar-refractivity contribution is 5.87. The fraction of sp³-hybridized carbons (Fsp3) is 0.958. The molecule has 6 heteroatoms. The van der Waals surface area contributed by atoms with Gasteiger partial charge in [0.25, 0.3) is 0 Å². The first-order valence-electron chi connectivity index (χ1n) is 12.9. The van der Waals surface area contributed by atoms with Crippen LogP contribution in [0, 0.1) is 35.0 Å². The van der Waals surface area contributed by atoms with Crippen LogP contribution in [0.4, 0.5) is 0 Å². The number of aliphatic hydroxyl groups excluding tert-OH is 3. The Kier molecular flexibility index (Phi) is 4.94. The van der Waals surface area contributed by atoms with E-state index >= 15 is 0 Å². The molecule has 170 valence electrons. The van der Waals surface area contributed by atoms with Crippen LogP contribution in [-0.4, -0.2) is 57.9 Å². The summed E-state index contributed by atoms with van der Waals surface area (Å²) in [7, 11) is 0. The summed E-state index contributed by atoms with van der Waals surface area (Å²) in [6.07, 6.45) is -1.03. The number of ether oxygens (including phenoxy) is 2. The average molecular weight is 425 g/mol. The fourth-order valence-electron chi connectivity index (χ4n) is 7.57. The van der Waals surface area contributed by atoms with Gasteiger partial charge >= 0.3 is 0 Å². The van der Waals surface area contributed by atoms with Crippen molar-refractivity contribution in [3.8, 4) is 0 Å². The molecule has 4 saturated carbocycles. The Morgan fingerprint density at radius 3 is 2.63 bits per heavy atom. The molecule has 5 rings (SSSR count). The van der Waals surface area contributed by atoms with Crippen molar-refractivity contribution in [3.05, 3.63) is 0 Å². The highest BCUT2D eigenvalue weighted by Gasteiger charge is 2.57. The molecule has 0 aromatic rings. The molecule has 0 amide bonds. The molecule has 0 radical (unpaired) electrons. The fourth-order valence-corrected chi connectivity index (χ4v) is 7.57. The van der Waals surface area contributed by atoms with Crippen LogP contribution in [0.2, 0.25) is 0 Å². The number of rotatable bonds is 2. The van der Waals surface area contributed by atoms with Crippen molar-refractivity contribution in [2.24, 2.45) is 35.0 Å². The molecule has 5 aliphatic rings. The third-order valence-corrected chi connectivity index (χ3v) is 9.32. The monoisotopic (exact) mass is 424 g/mol. The van der Waals surface area contributed by atoms with Gasteiger partial charge in [0, 0.05) is 14.6 Å². The molecule has 6 nitrogen and oxygen atoms in total. The van der Waals surface area contributed by atoms with E-state index in [4.69, 9.17) is 12.2 Å². The second-order valence-corrected chi connectivity index (χ2v) is 10.8. The SMILES string of the molecule is [2H]C1([2H])C[C@@H](OC2O[C@H](C)[C@@H](O)[C@H](O)[C@H]2O)CC2CC[C@@H]3[C@H](CC[C@]4(C)C(=O)CC[C@@H]34)[C@H]21. The molecule has 4 aliphatic carbocycles. The second-order valence-electron chi connectivity index (χ2n) is 10.8. The largest absolute Gasteiger partial charge is 0.388 e. The minimum absolute atomic E-state index is 0.0233. The third-order valence-electron chi connectivity index (χ3n) is 9.32. The molecule has 1 aliphatic heterocycles. The number of carbonyl (C=O) groups excluding carboxylic acids is 1. The van der Waals surface area contributed by atoms with Crippen LogP contribution in [0.5, 0.6) is 0 Å². The van der Waals surface area contributed by atoms with Gasteiger partial charge in [0.15, 0.2) is 6.29 Å². The lowest BCUT2D eigenvalue weighted by Crippen LogP contribution is -2.58. The highest BCUT2D eigenvalue weighted by Crippen LogP contribution is 2.61. The molecule has 0 bridgehead atoms. The second kappa shape index (κ2) is 7.80. The van der Waals surface area contributed by atoms with Crippen molar-refractivity contribution in [3.63, 3.8) is 0 Å². The number of hydrogen-bond acceptors (Lipinski definition) is 6. The van der Waals surface area contributed by atoms with E-state index < -0.39 is 43.2 Å². The van der Waals surface area contributed by atoms with Crippen LogP contribution < -0.4 is 0 Å². The van der Waals surface area contributed by atoms with Crippen molar-refractivity contribution in [2.45, 2.75) is 108 Å². The third kappa shape index (κ3) is 3.29. The Balaban J connectivity index is 1.30. The van der Waals surface area contributed by atoms with Gasteiger partial charge in [-0.15, -0.1) is 0 Å². The first-order valence-corrected chi connectivity index (χ1v) is 11.9. The van der Waals surface area contributed by atoms with Gasteiger partial charge in [-0.2, -0.15) is 0 Å². The predicted molar refractivity (Wildman–Crippen MR) is 109 cm³/mol. The standard InChI is InChI=1S/C24H38O6/c1-12-20(26)21(27)22(28)23(29-12)30-14-4-6-15-13(11-14)3-5-17-16(15)9-10-24(2)18(17)7-8-19(24)25/h12-18,20-23,26-28H,3-11H2,1-2H3/t12-,13?,14-,15+,16-,17-,18+,20-,21+,22-,23?,24+/m1/s1/i6D2. The van der Waals surface area contributed by atoms with E-state index in [0.29, 0.717) is 36.4 Å². The summed E-state index contributed by atoms with van der Waals surface area (Å²) in [5, 5.41) is 30.3. The Bertz CT molecular complexity index is 748. The van der Waals surface area contributed by atoms with Crippen LogP contribution in [0.1, 0.15) is 74.3 Å². The van der Waals surface area contributed by atoms with E-state index in [1.807, 2.05) is 0 Å². The lowest BCUT2D eigenvalue weighted by atomic mass is 9.50. The molecule has 0 spiro atoms. The molecule has 1 heterocycles. The van der Waals surface area contributed by atoms with Gasteiger partial charge in [0.1, 0.15) is 24.1 Å². The van der Waals surface area contributed by atoms with Gasteiger partial charge in [-0.3, -0.25) is 4.79 Å². The van der Waals surface area contributed by atoms with Crippen molar-refractivity contribution in [1.29, 1.82) is 0 Å². The minimum Gasteiger partial charge on any atom is -0.388 e. The summed E-state index contributed by atoms with van der Waals surface area (Å²) >= 11 is 0. The molecule has 1 saturated heterocycles. The number of aliphatic hydroxyl groups is 3. The molecule has 2 unspecified atom stereocenters. The normalized spacial score (nSPS) is 58.8. The van der Waals surface area contributed by atoms with Gasteiger partial charge < -0.3 is 24.8 Å². The lowest BCUT2D eigenvalue weighted by molar-refractivity contribution is -0.308. The number of fused-ring (bicyclic) bond motifs is 5. The maximum atomic E-state index is 12.6. The maximum Gasteiger partial charge on any atom is 0.186 e. The van der Waals surface area contributed by atoms with Crippen LogP contribution in [0.3, 0.4) is 0 Å². The smallest absolute Gasteiger partial charge is 0.186 e. The van der Waals surface area contributed by atoms with Crippen LogP contribution in [0.25, 0.3) is 0 Å². The Labute approximate surface area is 182 Å². The van der Waals surface area contributed by atoms with Gasteiger partial charge in [-0.1, -0.05) is 6.92 Å². The molecular weight excluding hydrogens is 384 g/mol. The van der Waals surface area contributed by atoms with Crippen molar-refractivity contribution < 1.29 is 32.3 Å². The molecule has 0 aromatic carbocycles. The van der Waals surface area contributed by atoms with Crippen LogP contribution in [-0.2, 0) is 14.3 Å². The summed E-state index contributed by atoms with van der Waals surface area (Å²) < 4.78 is 29.6. The zero-order valence-electron chi connectivity index (χ0n) is 20.1. The Hall–Kier alpha value is -0.530. The van der Waals surface area contributed by atoms with E-state index in [1.54, 1.807) is 6.92 Å². The number of carbonyl (C=O) groups is 1. The molecule has 5 fully saturated rings. The van der Waals surface area contributed by atoms with E-state index in [2.05, 4.69) is 6.92 Å². The summed E-state index contributed by atoms with van der Waals surface area (Å²) in [6.45, 7) is 3.77. The van der Waals surface area contributed by atoms with Crippen molar-refractivity contribution in [1.82, 2.24) is 0 Å². The molecular formula is C24H38O6. The van der Waals surface area contributed by atoms with Gasteiger partial charge in [0.2, 0.25) is 0 Å². The lowest BCUT2D eigenvalue weighted by Gasteiger charge is -2.55. The minimum atomic E-state index is -1.39. The molecule has 3 N–H and O–H groups in total. The molecule has 0 aromatic heterocycles. The Morgan fingerprint density at radius 2 is 1.83 bits per heavy atom. The first kappa shape index (κ1) is 19.0. The topological polar surface area (TPSA) is 96.2 Å². The van der Waals surface area contributed by atoms with Gasteiger partial charge in [-0.05, 0) is 87.8 Å². The van der Waals surface area contributed by atoms with E-state index in [1.165, 1.54) is 0 Å². The van der Waals surface area contributed by atoms with Crippen LogP contribution >= 0.6 is 0 Å². The number of Topliss-reactive ketones (excluding diaryl/α,β-unsaturated/α-hetero) is 1. The van der Waals surface area contributed by atoms with E-state index in [9.17, 15) is 20.1 Å². The summed E-state index contributed by atoms with van der Waals surface area (Å²) in [5.74, 6) is 1.76. The zero-order chi connectivity index (χ0) is 23.0. The quantitative estimate of drug-likeness (QED) is 0.589. The molecule has 30 heavy (non-hydrogen) atoms. The van der Waals surface area contributed by atoms with Crippen molar-refractivity contribution in [2.75, 3.05) is 0 Å². The van der Waals surface area contributed by atoms with Gasteiger partial charge in [0.05, 0.1) is 12.2 Å². The number of ketones is 1. The highest BCUT2D eigenvalue weighted by atomic mass is 16.7. The van der Waals surface area contributed by atoms with Gasteiger partial charge in [-0.25, -0.2) is 0 Å². The van der Waals surface area contributed by atoms with Crippen molar-refractivity contribution >= 4 is 5.78 Å². The van der Waals surface area contributed by atoms with E-state index in [0.717, 1.165) is 32.1 Å². The predicted octanol–water partition coefficient (Wildman–Crippen LogP) is 2.42. The molecule has 12 atom stereocenters.